The van der Waals surface area contributed by atoms with Crippen LogP contribution in [0.25, 0.3) is 0 Å². The highest BCUT2D eigenvalue weighted by Crippen LogP contribution is 2.28. The van der Waals surface area contributed by atoms with E-state index in [9.17, 15) is 9.90 Å². The SMILES string of the molecule is CC(C)(C)[C@@H](O)CN1CCN(C(=O)CC2CCCC2)CC1. The number of aliphatic hydroxyl groups excluding tert-OH is 1. The van der Waals surface area contributed by atoms with Gasteiger partial charge >= 0.3 is 0 Å². The fourth-order valence-electron chi connectivity index (χ4n) is 3.29. The Bertz CT molecular complexity index is 337. The smallest absolute Gasteiger partial charge is 0.222 e. The highest BCUT2D eigenvalue weighted by atomic mass is 16.3. The van der Waals surface area contributed by atoms with E-state index in [-0.39, 0.29) is 11.5 Å². The van der Waals surface area contributed by atoms with Gasteiger partial charge in [-0.3, -0.25) is 9.69 Å². The maximum Gasteiger partial charge on any atom is 0.222 e. The molecular weight excluding hydrogens is 264 g/mol. The summed E-state index contributed by atoms with van der Waals surface area (Å²) in [6.45, 7) is 10.4. The van der Waals surface area contributed by atoms with Gasteiger partial charge in [0.05, 0.1) is 6.10 Å². The molecule has 4 nitrogen and oxygen atoms in total. The Hall–Kier alpha value is -0.610. The number of rotatable bonds is 4. The lowest BCUT2D eigenvalue weighted by molar-refractivity contribution is -0.134. The number of carbonyl (C=O) groups is 1. The van der Waals surface area contributed by atoms with Crippen LogP contribution in [0.3, 0.4) is 0 Å². The quantitative estimate of drug-likeness (QED) is 0.864. The fraction of sp³-hybridized carbons (Fsp3) is 0.941. The predicted octanol–water partition coefficient (Wildman–Crippen LogP) is 2.12. The van der Waals surface area contributed by atoms with Gasteiger partial charge in [0.25, 0.3) is 0 Å². The van der Waals surface area contributed by atoms with Crippen molar-refractivity contribution in [3.63, 3.8) is 0 Å². The van der Waals surface area contributed by atoms with Gasteiger partial charge in [0.1, 0.15) is 0 Å². The molecule has 0 radical (unpaired) electrons. The summed E-state index contributed by atoms with van der Waals surface area (Å²) in [7, 11) is 0. The lowest BCUT2D eigenvalue weighted by Gasteiger charge is -2.38. The summed E-state index contributed by atoms with van der Waals surface area (Å²) in [4.78, 5) is 16.6. The van der Waals surface area contributed by atoms with Crippen molar-refractivity contribution in [3.8, 4) is 0 Å². The van der Waals surface area contributed by atoms with Crippen LogP contribution in [0.1, 0.15) is 52.9 Å². The molecule has 1 heterocycles. The van der Waals surface area contributed by atoms with Crippen LogP contribution in [-0.2, 0) is 4.79 Å². The summed E-state index contributed by atoms with van der Waals surface area (Å²) in [5.41, 5.74) is -0.0740. The van der Waals surface area contributed by atoms with Crippen LogP contribution in [0.15, 0.2) is 0 Å². The summed E-state index contributed by atoms with van der Waals surface area (Å²) >= 11 is 0. The topological polar surface area (TPSA) is 43.8 Å². The van der Waals surface area contributed by atoms with Gasteiger partial charge in [-0.2, -0.15) is 0 Å². The first kappa shape index (κ1) is 16.8. The first-order valence-corrected chi connectivity index (χ1v) is 8.54. The number of nitrogens with zero attached hydrogens (tertiary/aromatic N) is 2. The van der Waals surface area contributed by atoms with Crippen molar-refractivity contribution in [1.82, 2.24) is 9.80 Å². The van der Waals surface area contributed by atoms with Crippen LogP contribution in [-0.4, -0.2) is 59.6 Å². The van der Waals surface area contributed by atoms with E-state index in [1.165, 1.54) is 25.7 Å². The lowest BCUT2D eigenvalue weighted by atomic mass is 9.89. The molecule has 1 aliphatic carbocycles. The molecule has 0 unspecified atom stereocenters. The molecule has 1 atom stereocenters. The van der Waals surface area contributed by atoms with E-state index < -0.39 is 0 Å². The van der Waals surface area contributed by atoms with Gasteiger partial charge < -0.3 is 10.0 Å². The molecule has 2 fully saturated rings. The van der Waals surface area contributed by atoms with Crippen molar-refractivity contribution in [1.29, 1.82) is 0 Å². The van der Waals surface area contributed by atoms with E-state index in [1.54, 1.807) is 0 Å². The maximum absolute atomic E-state index is 12.3. The maximum atomic E-state index is 12.3. The molecule has 1 N–H and O–H groups in total. The normalized spacial score (nSPS) is 23.5. The summed E-state index contributed by atoms with van der Waals surface area (Å²) in [6, 6.07) is 0. The minimum Gasteiger partial charge on any atom is -0.391 e. The third-order valence-corrected chi connectivity index (χ3v) is 5.09. The number of piperazine rings is 1. The first-order valence-electron chi connectivity index (χ1n) is 8.54. The molecule has 0 bridgehead atoms. The molecule has 2 rings (SSSR count). The summed E-state index contributed by atoms with van der Waals surface area (Å²) in [6.07, 6.45) is 5.53. The molecule has 0 aromatic heterocycles. The molecule has 1 saturated carbocycles. The van der Waals surface area contributed by atoms with E-state index in [2.05, 4.69) is 25.7 Å². The Balaban J connectivity index is 1.71. The van der Waals surface area contributed by atoms with Crippen molar-refractivity contribution >= 4 is 5.91 Å². The monoisotopic (exact) mass is 296 g/mol. The van der Waals surface area contributed by atoms with Crippen molar-refractivity contribution in [2.45, 2.75) is 59.0 Å². The second-order valence-corrected chi connectivity index (χ2v) is 7.92. The fourth-order valence-corrected chi connectivity index (χ4v) is 3.29. The Kier molecular flexibility index (Phi) is 5.67. The van der Waals surface area contributed by atoms with E-state index in [4.69, 9.17) is 0 Å². The molecule has 0 aromatic rings. The minimum absolute atomic E-state index is 0.0740. The highest BCUT2D eigenvalue weighted by Gasteiger charge is 2.28. The van der Waals surface area contributed by atoms with E-state index in [0.29, 0.717) is 18.4 Å². The summed E-state index contributed by atoms with van der Waals surface area (Å²) < 4.78 is 0. The van der Waals surface area contributed by atoms with Gasteiger partial charge in [0.15, 0.2) is 0 Å². The zero-order valence-electron chi connectivity index (χ0n) is 14.0. The molecule has 1 aliphatic heterocycles. The third kappa shape index (κ3) is 4.96. The number of hydrogen-bond acceptors (Lipinski definition) is 3. The second kappa shape index (κ2) is 7.10. The zero-order valence-corrected chi connectivity index (χ0v) is 14.0. The van der Waals surface area contributed by atoms with Crippen molar-refractivity contribution < 1.29 is 9.90 Å². The molecule has 0 aromatic carbocycles. The van der Waals surface area contributed by atoms with Crippen LogP contribution in [0.2, 0.25) is 0 Å². The lowest BCUT2D eigenvalue weighted by Crippen LogP contribution is -2.51. The molecule has 0 spiro atoms. The Labute approximate surface area is 129 Å². The van der Waals surface area contributed by atoms with Gasteiger partial charge in [-0.15, -0.1) is 0 Å². The van der Waals surface area contributed by atoms with E-state index in [1.807, 2.05) is 4.90 Å². The molecule has 2 aliphatic rings. The van der Waals surface area contributed by atoms with Gasteiger partial charge in [-0.25, -0.2) is 0 Å². The number of carbonyl (C=O) groups excluding carboxylic acids is 1. The molecule has 1 amide bonds. The van der Waals surface area contributed by atoms with E-state index >= 15 is 0 Å². The minimum atomic E-state index is -0.307. The van der Waals surface area contributed by atoms with Crippen molar-refractivity contribution in [2.75, 3.05) is 32.7 Å². The second-order valence-electron chi connectivity index (χ2n) is 7.92. The Morgan fingerprint density at radius 2 is 1.71 bits per heavy atom. The van der Waals surface area contributed by atoms with Crippen LogP contribution in [0, 0.1) is 11.3 Å². The summed E-state index contributed by atoms with van der Waals surface area (Å²) in [5.74, 6) is 0.983. The van der Waals surface area contributed by atoms with Gasteiger partial charge in [0.2, 0.25) is 5.91 Å². The average molecular weight is 296 g/mol. The van der Waals surface area contributed by atoms with Gasteiger partial charge in [-0.1, -0.05) is 33.6 Å². The molecule has 122 valence electrons. The van der Waals surface area contributed by atoms with Crippen LogP contribution in [0.5, 0.6) is 0 Å². The number of β-amino-alcohol motifs (C(OH)–C–C–N with tert-alkyl or cyclic N) is 1. The van der Waals surface area contributed by atoms with Gasteiger partial charge in [-0.05, 0) is 24.2 Å². The average Bonchev–Trinajstić information content (AvgIpc) is 2.91. The zero-order chi connectivity index (χ0) is 15.5. The van der Waals surface area contributed by atoms with E-state index in [0.717, 1.165) is 32.6 Å². The first-order chi connectivity index (χ1) is 9.86. The van der Waals surface area contributed by atoms with Crippen molar-refractivity contribution in [2.24, 2.45) is 11.3 Å². The Morgan fingerprint density at radius 1 is 1.14 bits per heavy atom. The van der Waals surface area contributed by atoms with Crippen LogP contribution >= 0.6 is 0 Å². The van der Waals surface area contributed by atoms with Gasteiger partial charge in [0, 0.05) is 39.1 Å². The van der Waals surface area contributed by atoms with Crippen molar-refractivity contribution in [3.05, 3.63) is 0 Å². The molecule has 1 saturated heterocycles. The number of hydrogen-bond donors (Lipinski definition) is 1. The number of amides is 1. The molecular formula is C17H32N2O2. The predicted molar refractivity (Wildman–Crippen MR) is 85.1 cm³/mol. The number of aliphatic hydroxyl groups is 1. The molecule has 4 heteroatoms. The molecule has 21 heavy (non-hydrogen) atoms. The van der Waals surface area contributed by atoms with Crippen LogP contribution < -0.4 is 0 Å². The van der Waals surface area contributed by atoms with Crippen LogP contribution in [0.4, 0.5) is 0 Å². The Morgan fingerprint density at radius 3 is 2.24 bits per heavy atom. The highest BCUT2D eigenvalue weighted by molar-refractivity contribution is 5.76. The standard InChI is InChI=1S/C17H32N2O2/c1-17(2,3)15(20)13-18-8-10-19(11-9-18)16(21)12-14-6-4-5-7-14/h14-15,20H,4-13H2,1-3H3/t15-/m0/s1. The third-order valence-electron chi connectivity index (χ3n) is 5.09. The largest absolute Gasteiger partial charge is 0.391 e. The summed E-state index contributed by atoms with van der Waals surface area (Å²) in [5, 5.41) is 10.2.